The second-order valence-corrected chi connectivity index (χ2v) is 6.72. The molecule has 0 spiro atoms. The summed E-state index contributed by atoms with van der Waals surface area (Å²) in [5.41, 5.74) is 2.86. The quantitative estimate of drug-likeness (QED) is 0.894. The second-order valence-electron chi connectivity index (χ2n) is 6.72. The van der Waals surface area contributed by atoms with Crippen molar-refractivity contribution in [3.63, 3.8) is 0 Å². The van der Waals surface area contributed by atoms with Crippen LogP contribution in [-0.2, 0) is 10.2 Å². The summed E-state index contributed by atoms with van der Waals surface area (Å²) in [7, 11) is 0. The van der Waals surface area contributed by atoms with Gasteiger partial charge in [0.25, 0.3) is 0 Å². The van der Waals surface area contributed by atoms with Gasteiger partial charge in [-0.2, -0.15) is 0 Å². The van der Waals surface area contributed by atoms with Gasteiger partial charge in [-0.1, -0.05) is 42.7 Å². The Hall–Kier alpha value is -1.06. The molecule has 1 saturated heterocycles. The molecular weight excluding hydrogens is 296 g/mol. The maximum absolute atomic E-state index is 12.3. The van der Waals surface area contributed by atoms with Gasteiger partial charge in [-0.3, -0.25) is 4.79 Å². The normalized spacial score (nSPS) is 23.0. The number of carbonyl (C=O) groups excluding carboxylic acids is 1. The molecule has 0 bridgehead atoms. The fourth-order valence-corrected chi connectivity index (χ4v) is 3.88. The second kappa shape index (κ2) is 7.47. The number of aryl methyl sites for hydroxylation is 1. The zero-order valence-electron chi connectivity index (χ0n) is 13.4. The molecule has 1 aromatic carbocycles. The Bertz CT molecular complexity index is 506. The van der Waals surface area contributed by atoms with Crippen molar-refractivity contribution in [1.82, 2.24) is 10.6 Å². The van der Waals surface area contributed by atoms with Crippen LogP contribution in [0.2, 0.25) is 0 Å². The summed E-state index contributed by atoms with van der Waals surface area (Å²) in [6, 6.07) is 8.85. The number of nitrogens with one attached hydrogen (secondary N) is 2. The predicted molar refractivity (Wildman–Crippen MR) is 92.6 cm³/mol. The molecule has 1 heterocycles. The molecule has 1 aliphatic heterocycles. The minimum Gasteiger partial charge on any atom is -0.354 e. The number of amides is 1. The van der Waals surface area contributed by atoms with Gasteiger partial charge in [-0.15, -0.1) is 12.4 Å². The van der Waals surface area contributed by atoms with Crippen molar-refractivity contribution in [2.24, 2.45) is 0 Å². The highest BCUT2D eigenvalue weighted by Crippen LogP contribution is 2.40. The van der Waals surface area contributed by atoms with Gasteiger partial charge in [0.2, 0.25) is 5.91 Å². The van der Waals surface area contributed by atoms with Crippen LogP contribution in [0.3, 0.4) is 0 Å². The standard InChI is InChI=1S/C18H26N2O.ClH/c1-14-6-4-7-15(12-14)18(9-2-3-10-18)13-20-17(21)16-8-5-11-19-16;/h4,6-7,12,16,19H,2-3,5,8-11,13H2,1H3,(H,20,21);1H. The summed E-state index contributed by atoms with van der Waals surface area (Å²) in [5.74, 6) is 0.187. The molecule has 3 rings (SSSR count). The molecule has 1 amide bonds. The Balaban J connectivity index is 0.00000176. The van der Waals surface area contributed by atoms with Crippen LogP contribution < -0.4 is 10.6 Å². The monoisotopic (exact) mass is 322 g/mol. The Morgan fingerprint density at radius 3 is 2.73 bits per heavy atom. The minimum atomic E-state index is 0. The first-order valence-corrected chi connectivity index (χ1v) is 8.28. The highest BCUT2D eigenvalue weighted by molar-refractivity contribution is 5.85. The van der Waals surface area contributed by atoms with E-state index in [0.29, 0.717) is 0 Å². The van der Waals surface area contributed by atoms with E-state index in [0.717, 1.165) is 25.9 Å². The van der Waals surface area contributed by atoms with Crippen LogP contribution in [0.25, 0.3) is 0 Å². The zero-order chi connectivity index (χ0) is 14.7. The molecule has 2 aliphatic rings. The topological polar surface area (TPSA) is 41.1 Å². The van der Waals surface area contributed by atoms with Crippen LogP contribution in [0.1, 0.15) is 49.7 Å². The van der Waals surface area contributed by atoms with Gasteiger partial charge in [0.1, 0.15) is 0 Å². The van der Waals surface area contributed by atoms with Crippen molar-refractivity contribution < 1.29 is 4.79 Å². The molecule has 3 nitrogen and oxygen atoms in total. The fraction of sp³-hybridized carbons (Fsp3) is 0.611. The van der Waals surface area contributed by atoms with Crippen molar-refractivity contribution in [1.29, 1.82) is 0 Å². The number of carbonyl (C=O) groups is 1. The van der Waals surface area contributed by atoms with Crippen molar-refractivity contribution in [2.75, 3.05) is 13.1 Å². The maximum Gasteiger partial charge on any atom is 0.237 e. The van der Waals surface area contributed by atoms with Crippen molar-refractivity contribution in [2.45, 2.75) is 56.9 Å². The zero-order valence-corrected chi connectivity index (χ0v) is 14.2. The largest absolute Gasteiger partial charge is 0.354 e. The minimum absolute atomic E-state index is 0. The summed E-state index contributed by atoms with van der Waals surface area (Å²) < 4.78 is 0. The molecular formula is C18H27ClN2O. The Morgan fingerprint density at radius 1 is 1.32 bits per heavy atom. The van der Waals surface area contributed by atoms with Crippen molar-refractivity contribution >= 4 is 18.3 Å². The van der Waals surface area contributed by atoms with E-state index < -0.39 is 0 Å². The molecule has 2 fully saturated rings. The molecule has 0 radical (unpaired) electrons. The molecule has 1 unspecified atom stereocenters. The molecule has 2 N–H and O–H groups in total. The average molecular weight is 323 g/mol. The third-order valence-corrected chi connectivity index (χ3v) is 5.17. The third-order valence-electron chi connectivity index (χ3n) is 5.17. The first kappa shape index (κ1) is 17.3. The highest BCUT2D eigenvalue weighted by atomic mass is 35.5. The van der Waals surface area contributed by atoms with E-state index in [1.807, 2.05) is 0 Å². The lowest BCUT2D eigenvalue weighted by molar-refractivity contribution is -0.123. The first-order valence-electron chi connectivity index (χ1n) is 8.28. The molecule has 1 aromatic rings. The molecule has 0 aromatic heterocycles. The van der Waals surface area contributed by atoms with Crippen LogP contribution in [-0.4, -0.2) is 25.0 Å². The summed E-state index contributed by atoms with van der Waals surface area (Å²) >= 11 is 0. The number of hydrogen-bond donors (Lipinski definition) is 2. The molecule has 1 aliphatic carbocycles. The number of halogens is 1. The van der Waals surface area contributed by atoms with Gasteiger partial charge in [-0.25, -0.2) is 0 Å². The van der Waals surface area contributed by atoms with Crippen LogP contribution in [0.4, 0.5) is 0 Å². The lowest BCUT2D eigenvalue weighted by Gasteiger charge is -2.31. The van der Waals surface area contributed by atoms with Crippen LogP contribution in [0.5, 0.6) is 0 Å². The number of benzene rings is 1. The van der Waals surface area contributed by atoms with E-state index in [1.54, 1.807) is 0 Å². The van der Waals surface area contributed by atoms with E-state index >= 15 is 0 Å². The summed E-state index contributed by atoms with van der Waals surface area (Å²) in [4.78, 5) is 12.3. The van der Waals surface area contributed by atoms with Crippen molar-refractivity contribution in [3.8, 4) is 0 Å². The maximum atomic E-state index is 12.3. The average Bonchev–Trinajstić information content (AvgIpc) is 3.17. The summed E-state index contributed by atoms with van der Waals surface area (Å²) in [6.45, 7) is 3.90. The van der Waals surface area contributed by atoms with Gasteiger partial charge < -0.3 is 10.6 Å². The van der Waals surface area contributed by atoms with E-state index in [2.05, 4.69) is 41.8 Å². The fourth-order valence-electron chi connectivity index (χ4n) is 3.88. The van der Waals surface area contributed by atoms with E-state index in [-0.39, 0.29) is 29.8 Å². The van der Waals surface area contributed by atoms with Gasteiger partial charge in [0.05, 0.1) is 6.04 Å². The third kappa shape index (κ3) is 3.64. The van der Waals surface area contributed by atoms with Gasteiger partial charge in [0, 0.05) is 12.0 Å². The Labute approximate surface area is 139 Å². The van der Waals surface area contributed by atoms with E-state index in [1.165, 1.54) is 36.8 Å². The Morgan fingerprint density at radius 2 is 2.09 bits per heavy atom. The van der Waals surface area contributed by atoms with Crippen LogP contribution >= 0.6 is 12.4 Å². The molecule has 4 heteroatoms. The molecule has 122 valence electrons. The summed E-state index contributed by atoms with van der Waals surface area (Å²) in [5, 5.41) is 6.50. The number of rotatable bonds is 4. The van der Waals surface area contributed by atoms with E-state index in [9.17, 15) is 4.79 Å². The SMILES string of the molecule is Cc1cccc(C2(CNC(=O)C3CCCN3)CCCC2)c1.Cl. The lowest BCUT2D eigenvalue weighted by atomic mass is 9.78. The summed E-state index contributed by atoms with van der Waals surface area (Å²) in [6.07, 6.45) is 7.00. The highest BCUT2D eigenvalue weighted by Gasteiger charge is 2.36. The number of hydrogen-bond acceptors (Lipinski definition) is 2. The van der Waals surface area contributed by atoms with E-state index in [4.69, 9.17) is 0 Å². The molecule has 22 heavy (non-hydrogen) atoms. The van der Waals surface area contributed by atoms with Gasteiger partial charge in [0.15, 0.2) is 0 Å². The van der Waals surface area contributed by atoms with Crippen LogP contribution in [0.15, 0.2) is 24.3 Å². The van der Waals surface area contributed by atoms with Gasteiger partial charge >= 0.3 is 0 Å². The predicted octanol–water partition coefficient (Wildman–Crippen LogP) is 3.10. The van der Waals surface area contributed by atoms with Crippen LogP contribution in [0, 0.1) is 6.92 Å². The molecule has 1 saturated carbocycles. The lowest BCUT2D eigenvalue weighted by Crippen LogP contribution is -2.46. The first-order chi connectivity index (χ1) is 10.2. The van der Waals surface area contributed by atoms with Crippen molar-refractivity contribution in [3.05, 3.63) is 35.4 Å². The molecule has 1 atom stereocenters. The van der Waals surface area contributed by atoms with Gasteiger partial charge in [-0.05, 0) is 44.7 Å². The smallest absolute Gasteiger partial charge is 0.237 e. The Kier molecular flexibility index (Phi) is 5.87.